The number of ketones is 1. The quantitative estimate of drug-likeness (QED) is 0.737. The summed E-state index contributed by atoms with van der Waals surface area (Å²) in [6.07, 6.45) is 0. The van der Waals surface area contributed by atoms with Crippen molar-refractivity contribution in [2.45, 2.75) is 6.61 Å². The second-order valence-corrected chi connectivity index (χ2v) is 3.41. The molecular weight excluding hydrogens is 206 g/mol. The highest BCUT2D eigenvalue weighted by Crippen LogP contribution is 2.20. The molecule has 4 heteroatoms. The first-order valence-corrected chi connectivity index (χ1v) is 5.06. The molecule has 0 aromatic heterocycles. The standard InChI is InChI=1S/C12H17NO3/c1-13-7-11(14)9-4-5-12(16-3)10(6-9)8-15-2/h4-6,13H,7-8H2,1-3H3. The monoisotopic (exact) mass is 223 g/mol. The van der Waals surface area contributed by atoms with E-state index in [0.29, 0.717) is 18.7 Å². The third-order valence-electron chi connectivity index (χ3n) is 2.24. The van der Waals surface area contributed by atoms with Gasteiger partial charge >= 0.3 is 0 Å². The minimum atomic E-state index is 0.0579. The lowest BCUT2D eigenvalue weighted by molar-refractivity contribution is 0.0993. The number of benzene rings is 1. The Morgan fingerprint density at radius 3 is 2.69 bits per heavy atom. The van der Waals surface area contributed by atoms with Gasteiger partial charge in [0, 0.05) is 18.2 Å². The van der Waals surface area contributed by atoms with Crippen molar-refractivity contribution < 1.29 is 14.3 Å². The fourth-order valence-electron chi connectivity index (χ4n) is 1.48. The summed E-state index contributed by atoms with van der Waals surface area (Å²) in [6, 6.07) is 5.36. The van der Waals surface area contributed by atoms with Crippen LogP contribution in [0.3, 0.4) is 0 Å². The number of hydrogen-bond donors (Lipinski definition) is 1. The molecule has 0 heterocycles. The minimum absolute atomic E-state index is 0.0579. The Hall–Kier alpha value is -1.39. The molecule has 88 valence electrons. The molecular formula is C12H17NO3. The second kappa shape index (κ2) is 6.25. The summed E-state index contributed by atoms with van der Waals surface area (Å²) < 4.78 is 10.2. The number of nitrogens with one attached hydrogen (secondary N) is 1. The lowest BCUT2D eigenvalue weighted by atomic mass is 10.1. The Balaban J connectivity index is 2.96. The molecule has 0 aliphatic rings. The number of rotatable bonds is 6. The van der Waals surface area contributed by atoms with Gasteiger partial charge in [0.25, 0.3) is 0 Å². The van der Waals surface area contributed by atoms with Crippen LogP contribution in [-0.2, 0) is 11.3 Å². The van der Waals surface area contributed by atoms with E-state index in [9.17, 15) is 4.79 Å². The average Bonchev–Trinajstić information content (AvgIpc) is 2.29. The Morgan fingerprint density at radius 1 is 1.38 bits per heavy atom. The number of carbonyl (C=O) groups is 1. The van der Waals surface area contributed by atoms with Gasteiger partial charge in [0.05, 0.1) is 20.3 Å². The highest BCUT2D eigenvalue weighted by molar-refractivity contribution is 5.97. The number of methoxy groups -OCH3 is 2. The van der Waals surface area contributed by atoms with Crippen LogP contribution in [0.1, 0.15) is 15.9 Å². The summed E-state index contributed by atoms with van der Waals surface area (Å²) in [7, 11) is 4.96. The van der Waals surface area contributed by atoms with Gasteiger partial charge in [-0.05, 0) is 25.2 Å². The lowest BCUT2D eigenvalue weighted by Gasteiger charge is -2.09. The molecule has 0 bridgehead atoms. The average molecular weight is 223 g/mol. The number of carbonyl (C=O) groups excluding carboxylic acids is 1. The van der Waals surface area contributed by atoms with Gasteiger partial charge in [-0.3, -0.25) is 4.79 Å². The van der Waals surface area contributed by atoms with Gasteiger partial charge in [-0.25, -0.2) is 0 Å². The van der Waals surface area contributed by atoms with E-state index in [-0.39, 0.29) is 5.78 Å². The van der Waals surface area contributed by atoms with Gasteiger partial charge < -0.3 is 14.8 Å². The van der Waals surface area contributed by atoms with Gasteiger partial charge in [-0.1, -0.05) is 0 Å². The number of likely N-dealkylation sites (N-methyl/N-ethyl adjacent to an activating group) is 1. The Morgan fingerprint density at radius 2 is 2.12 bits per heavy atom. The fraction of sp³-hybridized carbons (Fsp3) is 0.417. The van der Waals surface area contributed by atoms with Crippen LogP contribution in [-0.4, -0.2) is 33.6 Å². The molecule has 4 nitrogen and oxygen atoms in total. The van der Waals surface area contributed by atoms with Crippen molar-refractivity contribution in [1.82, 2.24) is 5.32 Å². The Bertz CT molecular complexity index is 363. The molecule has 1 N–H and O–H groups in total. The van der Waals surface area contributed by atoms with Crippen LogP contribution in [0.2, 0.25) is 0 Å². The highest BCUT2D eigenvalue weighted by atomic mass is 16.5. The third-order valence-corrected chi connectivity index (χ3v) is 2.24. The second-order valence-electron chi connectivity index (χ2n) is 3.41. The summed E-state index contributed by atoms with van der Waals surface area (Å²) in [5.41, 5.74) is 1.55. The Kier molecular flexibility index (Phi) is 4.95. The first kappa shape index (κ1) is 12.7. The highest BCUT2D eigenvalue weighted by Gasteiger charge is 2.09. The van der Waals surface area contributed by atoms with Gasteiger partial charge in [-0.15, -0.1) is 0 Å². The molecule has 0 saturated heterocycles. The van der Waals surface area contributed by atoms with E-state index in [1.165, 1.54) is 0 Å². The van der Waals surface area contributed by atoms with E-state index in [1.54, 1.807) is 33.4 Å². The van der Waals surface area contributed by atoms with Crippen molar-refractivity contribution >= 4 is 5.78 Å². The van der Waals surface area contributed by atoms with Gasteiger partial charge in [-0.2, -0.15) is 0 Å². The van der Waals surface area contributed by atoms with Crippen molar-refractivity contribution in [3.05, 3.63) is 29.3 Å². The van der Waals surface area contributed by atoms with Gasteiger partial charge in [0.1, 0.15) is 5.75 Å². The van der Waals surface area contributed by atoms with Crippen LogP contribution in [0, 0.1) is 0 Å². The molecule has 0 unspecified atom stereocenters. The van der Waals surface area contributed by atoms with Crippen molar-refractivity contribution in [2.24, 2.45) is 0 Å². The molecule has 0 aliphatic carbocycles. The third kappa shape index (κ3) is 3.05. The van der Waals surface area contributed by atoms with E-state index >= 15 is 0 Å². The van der Waals surface area contributed by atoms with Gasteiger partial charge in [0.2, 0.25) is 0 Å². The summed E-state index contributed by atoms with van der Waals surface area (Å²) in [5, 5.41) is 2.83. The van der Waals surface area contributed by atoms with Crippen LogP contribution in [0.15, 0.2) is 18.2 Å². The first-order chi connectivity index (χ1) is 7.72. The SMILES string of the molecule is CNCC(=O)c1ccc(OC)c(COC)c1. The van der Waals surface area contributed by atoms with Crippen molar-refractivity contribution in [3.8, 4) is 5.75 Å². The maximum atomic E-state index is 11.7. The van der Waals surface area contributed by atoms with Gasteiger partial charge in [0.15, 0.2) is 5.78 Å². The molecule has 0 radical (unpaired) electrons. The van der Waals surface area contributed by atoms with E-state index in [1.807, 2.05) is 6.07 Å². The van der Waals surface area contributed by atoms with Crippen LogP contribution < -0.4 is 10.1 Å². The molecule has 1 aromatic rings. The zero-order valence-electron chi connectivity index (χ0n) is 9.87. The topological polar surface area (TPSA) is 47.6 Å². The molecule has 1 rings (SSSR count). The number of ether oxygens (including phenoxy) is 2. The van der Waals surface area contributed by atoms with E-state index in [4.69, 9.17) is 9.47 Å². The summed E-state index contributed by atoms with van der Waals surface area (Å²) in [5.74, 6) is 0.797. The predicted octanol–water partition coefficient (Wildman–Crippen LogP) is 1.24. The maximum Gasteiger partial charge on any atom is 0.176 e. The smallest absolute Gasteiger partial charge is 0.176 e. The van der Waals surface area contributed by atoms with Crippen LogP contribution in [0.4, 0.5) is 0 Å². The van der Waals surface area contributed by atoms with Crippen LogP contribution in [0.5, 0.6) is 5.75 Å². The fourth-order valence-corrected chi connectivity index (χ4v) is 1.48. The van der Waals surface area contributed by atoms with Crippen molar-refractivity contribution in [3.63, 3.8) is 0 Å². The molecule has 0 aliphatic heterocycles. The molecule has 0 amide bonds. The van der Waals surface area contributed by atoms with Crippen molar-refractivity contribution in [1.29, 1.82) is 0 Å². The molecule has 1 aromatic carbocycles. The predicted molar refractivity (Wildman–Crippen MR) is 62.0 cm³/mol. The van der Waals surface area contributed by atoms with E-state index in [2.05, 4.69) is 5.32 Å². The lowest BCUT2D eigenvalue weighted by Crippen LogP contribution is -2.18. The number of Topliss-reactive ketones (excluding diaryl/α,β-unsaturated/α-hetero) is 1. The molecule has 0 atom stereocenters. The molecule has 0 saturated carbocycles. The zero-order valence-corrected chi connectivity index (χ0v) is 9.87. The Labute approximate surface area is 95.6 Å². The van der Waals surface area contributed by atoms with Crippen molar-refractivity contribution in [2.75, 3.05) is 27.8 Å². The van der Waals surface area contributed by atoms with E-state index < -0.39 is 0 Å². The van der Waals surface area contributed by atoms with Crippen LogP contribution >= 0.6 is 0 Å². The summed E-state index contributed by atoms with van der Waals surface area (Å²) in [6.45, 7) is 0.766. The molecule has 16 heavy (non-hydrogen) atoms. The van der Waals surface area contributed by atoms with E-state index in [0.717, 1.165) is 11.3 Å². The zero-order chi connectivity index (χ0) is 12.0. The first-order valence-electron chi connectivity index (χ1n) is 5.06. The molecule has 0 fully saturated rings. The largest absolute Gasteiger partial charge is 0.496 e. The minimum Gasteiger partial charge on any atom is -0.496 e. The molecule has 0 spiro atoms. The normalized spacial score (nSPS) is 10.2. The summed E-state index contributed by atoms with van der Waals surface area (Å²) >= 11 is 0. The van der Waals surface area contributed by atoms with Crippen LogP contribution in [0.25, 0.3) is 0 Å². The number of hydrogen-bond acceptors (Lipinski definition) is 4. The maximum absolute atomic E-state index is 11.7. The summed E-state index contributed by atoms with van der Waals surface area (Å²) in [4.78, 5) is 11.7.